The molecule has 1 saturated carbocycles. The molecule has 0 heterocycles. The monoisotopic (exact) mass is 272 g/mol. The molecule has 0 saturated heterocycles. The highest BCUT2D eigenvalue weighted by Crippen LogP contribution is 2.48. The van der Waals surface area contributed by atoms with Crippen LogP contribution in [0.5, 0.6) is 0 Å². The second-order valence-electron chi connectivity index (χ2n) is 6.20. The fourth-order valence-electron chi connectivity index (χ4n) is 3.04. The van der Waals surface area contributed by atoms with Crippen molar-refractivity contribution in [2.75, 3.05) is 26.4 Å². The minimum Gasteiger partial charge on any atom is -0.376 e. The summed E-state index contributed by atoms with van der Waals surface area (Å²) in [6.07, 6.45) is 3.66. The minimum atomic E-state index is -0.203. The third-order valence-electron chi connectivity index (χ3n) is 4.84. The van der Waals surface area contributed by atoms with Crippen LogP contribution in [0.3, 0.4) is 0 Å². The van der Waals surface area contributed by atoms with Gasteiger partial charge >= 0.3 is 0 Å². The maximum absolute atomic E-state index is 5.74. The average molecular weight is 272 g/mol. The summed E-state index contributed by atoms with van der Waals surface area (Å²) in [6.45, 7) is 13.8. The summed E-state index contributed by atoms with van der Waals surface area (Å²) < 4.78 is 16.7. The summed E-state index contributed by atoms with van der Waals surface area (Å²) in [7, 11) is 0. The van der Waals surface area contributed by atoms with Crippen LogP contribution in [0.4, 0.5) is 0 Å². The van der Waals surface area contributed by atoms with E-state index in [9.17, 15) is 0 Å². The van der Waals surface area contributed by atoms with Gasteiger partial charge in [0.25, 0.3) is 0 Å². The molecule has 0 bridgehead atoms. The second kappa shape index (κ2) is 8.23. The van der Waals surface area contributed by atoms with Gasteiger partial charge in [-0.05, 0) is 50.4 Å². The molecule has 0 aromatic carbocycles. The lowest BCUT2D eigenvalue weighted by molar-refractivity contribution is -0.168. The van der Waals surface area contributed by atoms with Crippen LogP contribution in [-0.2, 0) is 14.2 Å². The van der Waals surface area contributed by atoms with Crippen LogP contribution in [-0.4, -0.2) is 32.7 Å². The smallest absolute Gasteiger partial charge is 0.180 e. The minimum absolute atomic E-state index is 0.203. The van der Waals surface area contributed by atoms with E-state index in [1.54, 1.807) is 0 Å². The van der Waals surface area contributed by atoms with Gasteiger partial charge in [-0.1, -0.05) is 20.8 Å². The Labute approximate surface area is 119 Å². The highest BCUT2D eigenvalue weighted by Gasteiger charge is 2.39. The van der Waals surface area contributed by atoms with E-state index in [-0.39, 0.29) is 6.29 Å². The third-order valence-corrected chi connectivity index (χ3v) is 4.84. The predicted molar refractivity (Wildman–Crippen MR) is 78.1 cm³/mol. The Morgan fingerprint density at radius 2 is 1.74 bits per heavy atom. The first-order valence-electron chi connectivity index (χ1n) is 7.83. The summed E-state index contributed by atoms with van der Waals surface area (Å²) in [4.78, 5) is 0. The van der Waals surface area contributed by atoms with Crippen molar-refractivity contribution in [2.45, 2.75) is 60.2 Å². The Morgan fingerprint density at radius 3 is 2.21 bits per heavy atom. The second-order valence-corrected chi connectivity index (χ2v) is 6.20. The molecule has 114 valence electrons. The van der Waals surface area contributed by atoms with E-state index < -0.39 is 0 Å². The molecule has 3 nitrogen and oxygen atoms in total. The fourth-order valence-corrected chi connectivity index (χ4v) is 3.04. The maximum Gasteiger partial charge on any atom is 0.180 e. The molecule has 19 heavy (non-hydrogen) atoms. The average Bonchev–Trinajstić information content (AvgIpc) is 2.61. The molecule has 0 spiro atoms. The van der Waals surface area contributed by atoms with Crippen molar-refractivity contribution in [1.82, 2.24) is 0 Å². The Kier molecular flexibility index (Phi) is 7.33. The first kappa shape index (κ1) is 16.9. The SMILES string of the molecule is CCOC(COCC[C@@H]1CCC(C)C1(C)C)OCC. The zero-order chi connectivity index (χ0) is 14.3. The van der Waals surface area contributed by atoms with Gasteiger partial charge in [0.2, 0.25) is 0 Å². The standard InChI is InChI=1S/C16H32O3/c1-6-18-15(19-7-2)12-17-11-10-14-9-8-13(3)16(14,4)5/h13-15H,6-12H2,1-5H3/t13?,14-/m0/s1. The first-order valence-corrected chi connectivity index (χ1v) is 7.83. The summed E-state index contributed by atoms with van der Waals surface area (Å²) >= 11 is 0. The Hall–Kier alpha value is -0.120. The highest BCUT2D eigenvalue weighted by atomic mass is 16.7. The molecule has 0 N–H and O–H groups in total. The topological polar surface area (TPSA) is 27.7 Å². The van der Waals surface area contributed by atoms with Crippen molar-refractivity contribution >= 4 is 0 Å². The maximum atomic E-state index is 5.74. The van der Waals surface area contributed by atoms with Crippen molar-refractivity contribution < 1.29 is 14.2 Å². The number of ether oxygens (including phenoxy) is 3. The van der Waals surface area contributed by atoms with Gasteiger partial charge in [-0.25, -0.2) is 0 Å². The Bertz CT molecular complexity index is 234. The fraction of sp³-hybridized carbons (Fsp3) is 1.00. The lowest BCUT2D eigenvalue weighted by Gasteiger charge is -2.31. The molecule has 0 aromatic rings. The molecule has 1 fully saturated rings. The Morgan fingerprint density at radius 1 is 1.11 bits per heavy atom. The summed E-state index contributed by atoms with van der Waals surface area (Å²) in [5.41, 5.74) is 0.461. The van der Waals surface area contributed by atoms with Gasteiger partial charge in [-0.3, -0.25) is 0 Å². The molecule has 1 rings (SSSR count). The van der Waals surface area contributed by atoms with E-state index in [4.69, 9.17) is 14.2 Å². The highest BCUT2D eigenvalue weighted by molar-refractivity contribution is 4.89. The largest absolute Gasteiger partial charge is 0.376 e. The predicted octanol–water partition coefficient (Wildman–Crippen LogP) is 3.86. The van der Waals surface area contributed by atoms with Crippen LogP contribution >= 0.6 is 0 Å². The van der Waals surface area contributed by atoms with Crippen LogP contribution in [0.1, 0.15) is 53.9 Å². The lowest BCUT2D eigenvalue weighted by atomic mass is 9.75. The van der Waals surface area contributed by atoms with Gasteiger partial charge in [0, 0.05) is 19.8 Å². The third kappa shape index (κ3) is 5.05. The number of rotatable bonds is 9. The van der Waals surface area contributed by atoms with Crippen molar-refractivity contribution in [3.8, 4) is 0 Å². The van der Waals surface area contributed by atoms with Crippen LogP contribution in [0.25, 0.3) is 0 Å². The molecule has 0 aromatic heterocycles. The van der Waals surface area contributed by atoms with Gasteiger partial charge in [-0.15, -0.1) is 0 Å². The van der Waals surface area contributed by atoms with Crippen LogP contribution in [0.2, 0.25) is 0 Å². The molecule has 0 amide bonds. The molecular formula is C16H32O3. The van der Waals surface area contributed by atoms with E-state index in [2.05, 4.69) is 20.8 Å². The molecule has 0 radical (unpaired) electrons. The van der Waals surface area contributed by atoms with Gasteiger partial charge in [0.05, 0.1) is 6.61 Å². The van der Waals surface area contributed by atoms with Crippen molar-refractivity contribution in [3.63, 3.8) is 0 Å². The van der Waals surface area contributed by atoms with Gasteiger partial charge < -0.3 is 14.2 Å². The molecule has 3 heteroatoms. The van der Waals surface area contributed by atoms with Crippen LogP contribution in [0.15, 0.2) is 0 Å². The normalized spacial score (nSPS) is 26.2. The van der Waals surface area contributed by atoms with Gasteiger partial charge in [-0.2, -0.15) is 0 Å². The quantitative estimate of drug-likeness (QED) is 0.471. The van der Waals surface area contributed by atoms with Crippen LogP contribution < -0.4 is 0 Å². The molecule has 1 aliphatic carbocycles. The van der Waals surface area contributed by atoms with E-state index in [0.717, 1.165) is 24.9 Å². The summed E-state index contributed by atoms with van der Waals surface area (Å²) in [6, 6.07) is 0. The van der Waals surface area contributed by atoms with E-state index >= 15 is 0 Å². The molecule has 0 aliphatic heterocycles. The molecule has 1 aliphatic rings. The Balaban J connectivity index is 2.19. The molecule has 2 atom stereocenters. The van der Waals surface area contributed by atoms with E-state index in [1.165, 1.54) is 12.8 Å². The zero-order valence-electron chi connectivity index (χ0n) is 13.4. The molecule has 1 unspecified atom stereocenters. The summed E-state index contributed by atoms with van der Waals surface area (Å²) in [5, 5.41) is 0. The zero-order valence-corrected chi connectivity index (χ0v) is 13.4. The number of hydrogen-bond acceptors (Lipinski definition) is 3. The van der Waals surface area contributed by atoms with Gasteiger partial charge in [0.1, 0.15) is 0 Å². The van der Waals surface area contributed by atoms with E-state index in [1.807, 2.05) is 13.8 Å². The summed E-state index contributed by atoms with van der Waals surface area (Å²) in [5.74, 6) is 1.62. The van der Waals surface area contributed by atoms with Crippen molar-refractivity contribution in [1.29, 1.82) is 0 Å². The number of hydrogen-bond donors (Lipinski definition) is 0. The lowest BCUT2D eigenvalue weighted by Crippen LogP contribution is -2.26. The molecular weight excluding hydrogens is 240 g/mol. The first-order chi connectivity index (χ1) is 9.02. The van der Waals surface area contributed by atoms with Crippen LogP contribution in [0, 0.1) is 17.3 Å². The van der Waals surface area contributed by atoms with Crippen molar-refractivity contribution in [2.24, 2.45) is 17.3 Å². The van der Waals surface area contributed by atoms with Crippen molar-refractivity contribution in [3.05, 3.63) is 0 Å². The van der Waals surface area contributed by atoms with E-state index in [0.29, 0.717) is 25.2 Å². The van der Waals surface area contributed by atoms with Gasteiger partial charge in [0.15, 0.2) is 6.29 Å².